The Morgan fingerprint density at radius 1 is 1.07 bits per heavy atom. The van der Waals surface area contributed by atoms with Crippen molar-refractivity contribution < 1.29 is 4.79 Å². The van der Waals surface area contributed by atoms with E-state index in [-0.39, 0.29) is 5.02 Å². The highest BCUT2D eigenvalue weighted by molar-refractivity contribution is 6.36. The molecule has 0 aliphatic heterocycles. The minimum Gasteiger partial charge on any atom is -0.281 e. The van der Waals surface area contributed by atoms with Crippen LogP contribution in [0.25, 0.3) is 16.7 Å². The number of carbonyl (C=O) groups is 1. The summed E-state index contributed by atoms with van der Waals surface area (Å²) in [4.78, 5) is 20.9. The van der Waals surface area contributed by atoms with Crippen LogP contribution in [0.3, 0.4) is 0 Å². The number of aryl methyl sites for hydroxylation is 1. The molecule has 0 saturated carbocycles. The molecule has 7 nitrogen and oxygen atoms in total. The minimum atomic E-state index is -0.417. The summed E-state index contributed by atoms with van der Waals surface area (Å²) >= 11 is 11.9. The SMILES string of the molecule is Cc1ccc(-n2ncc3c(NNC(=O)c4ccc(Cl)cc4Cl)ncnc32)cc1. The van der Waals surface area contributed by atoms with E-state index >= 15 is 0 Å². The molecule has 4 rings (SSSR count). The van der Waals surface area contributed by atoms with Crippen LogP contribution < -0.4 is 10.9 Å². The summed E-state index contributed by atoms with van der Waals surface area (Å²) in [5.41, 5.74) is 8.32. The third-order valence-corrected chi connectivity index (χ3v) is 4.66. The summed E-state index contributed by atoms with van der Waals surface area (Å²) in [7, 11) is 0. The standard InChI is InChI=1S/C19H14Cl2N6O/c1-11-2-5-13(6-3-11)27-18-15(9-24-27)17(22-10-23-18)25-26-19(28)14-7-4-12(20)8-16(14)21/h2-10H,1H3,(H,26,28)(H,22,23,25). The van der Waals surface area contributed by atoms with E-state index in [1.807, 2.05) is 31.2 Å². The van der Waals surface area contributed by atoms with Gasteiger partial charge in [-0.25, -0.2) is 14.6 Å². The molecular formula is C19H14Cl2N6O. The molecule has 2 aromatic carbocycles. The number of hydrazine groups is 1. The van der Waals surface area contributed by atoms with Gasteiger partial charge in [0.05, 0.1) is 27.9 Å². The monoisotopic (exact) mass is 412 g/mol. The summed E-state index contributed by atoms with van der Waals surface area (Å²) in [6, 6.07) is 12.6. The molecule has 28 heavy (non-hydrogen) atoms. The van der Waals surface area contributed by atoms with E-state index in [2.05, 4.69) is 25.9 Å². The number of nitrogens with one attached hydrogen (secondary N) is 2. The number of benzene rings is 2. The second-order valence-electron chi connectivity index (χ2n) is 6.05. The molecule has 2 heterocycles. The zero-order valence-corrected chi connectivity index (χ0v) is 16.2. The van der Waals surface area contributed by atoms with Crippen molar-refractivity contribution in [2.75, 3.05) is 5.43 Å². The average molecular weight is 413 g/mol. The van der Waals surface area contributed by atoms with Crippen molar-refractivity contribution in [3.63, 3.8) is 0 Å². The Morgan fingerprint density at radius 2 is 1.86 bits per heavy atom. The van der Waals surface area contributed by atoms with Crippen LogP contribution in [0, 0.1) is 6.92 Å². The Morgan fingerprint density at radius 3 is 2.61 bits per heavy atom. The normalized spacial score (nSPS) is 10.8. The number of amides is 1. The highest BCUT2D eigenvalue weighted by Crippen LogP contribution is 2.23. The molecule has 0 radical (unpaired) electrons. The second-order valence-corrected chi connectivity index (χ2v) is 6.90. The molecule has 4 aromatic rings. The van der Waals surface area contributed by atoms with Crippen LogP contribution in [0.1, 0.15) is 15.9 Å². The predicted octanol–water partition coefficient (Wildman–Crippen LogP) is 4.19. The Labute approximate surface area is 170 Å². The number of anilines is 1. The van der Waals surface area contributed by atoms with Gasteiger partial charge in [0.25, 0.3) is 5.91 Å². The van der Waals surface area contributed by atoms with E-state index in [0.717, 1.165) is 11.3 Å². The molecule has 140 valence electrons. The number of hydrogen-bond acceptors (Lipinski definition) is 5. The van der Waals surface area contributed by atoms with Crippen molar-refractivity contribution in [2.24, 2.45) is 0 Å². The Bertz CT molecular complexity index is 1170. The van der Waals surface area contributed by atoms with Crippen LogP contribution in [0.15, 0.2) is 55.0 Å². The molecule has 0 saturated heterocycles. The molecule has 9 heteroatoms. The fraction of sp³-hybridized carbons (Fsp3) is 0.0526. The molecule has 1 amide bonds. The lowest BCUT2D eigenvalue weighted by Gasteiger charge is -2.10. The van der Waals surface area contributed by atoms with Gasteiger partial charge in [0, 0.05) is 5.02 Å². The fourth-order valence-electron chi connectivity index (χ4n) is 2.68. The second kappa shape index (κ2) is 7.46. The van der Waals surface area contributed by atoms with E-state index in [0.29, 0.717) is 27.4 Å². The van der Waals surface area contributed by atoms with Crippen LogP contribution in [0.4, 0.5) is 5.82 Å². The molecule has 0 aliphatic carbocycles. The van der Waals surface area contributed by atoms with Gasteiger partial charge in [0.15, 0.2) is 11.5 Å². The number of hydrogen-bond donors (Lipinski definition) is 2. The lowest BCUT2D eigenvalue weighted by Crippen LogP contribution is -2.30. The van der Waals surface area contributed by atoms with Crippen LogP contribution >= 0.6 is 23.2 Å². The molecule has 0 fully saturated rings. The molecular weight excluding hydrogens is 399 g/mol. The van der Waals surface area contributed by atoms with E-state index in [1.54, 1.807) is 23.0 Å². The summed E-state index contributed by atoms with van der Waals surface area (Å²) < 4.78 is 1.71. The predicted molar refractivity (Wildman–Crippen MR) is 109 cm³/mol. The summed E-state index contributed by atoms with van der Waals surface area (Å²) in [5.74, 6) is 0.00107. The third kappa shape index (κ3) is 3.49. The number of fused-ring (bicyclic) bond motifs is 1. The van der Waals surface area contributed by atoms with Crippen LogP contribution in [-0.4, -0.2) is 25.7 Å². The van der Waals surface area contributed by atoms with E-state index in [4.69, 9.17) is 23.2 Å². The summed E-state index contributed by atoms with van der Waals surface area (Å²) in [6.07, 6.45) is 3.04. The van der Waals surface area contributed by atoms with Gasteiger partial charge < -0.3 is 0 Å². The van der Waals surface area contributed by atoms with Crippen molar-refractivity contribution >= 4 is 46.0 Å². The fourth-order valence-corrected chi connectivity index (χ4v) is 3.17. The number of nitrogens with zero attached hydrogens (tertiary/aromatic N) is 4. The maximum absolute atomic E-state index is 12.4. The maximum Gasteiger partial charge on any atom is 0.271 e. The third-order valence-electron chi connectivity index (χ3n) is 4.11. The number of aromatic nitrogens is 4. The Kier molecular flexibility index (Phi) is 4.85. The molecule has 0 spiro atoms. The lowest BCUT2D eigenvalue weighted by molar-refractivity contribution is 0.0962. The summed E-state index contributed by atoms with van der Waals surface area (Å²) in [6.45, 7) is 2.02. The topological polar surface area (TPSA) is 84.7 Å². The molecule has 0 bridgehead atoms. The molecule has 2 N–H and O–H groups in total. The van der Waals surface area contributed by atoms with Gasteiger partial charge in [-0.1, -0.05) is 40.9 Å². The molecule has 0 atom stereocenters. The lowest BCUT2D eigenvalue weighted by atomic mass is 10.2. The van der Waals surface area contributed by atoms with Crippen molar-refractivity contribution in [3.8, 4) is 5.69 Å². The van der Waals surface area contributed by atoms with Crippen molar-refractivity contribution in [1.82, 2.24) is 25.2 Å². The van der Waals surface area contributed by atoms with E-state index in [9.17, 15) is 4.79 Å². The van der Waals surface area contributed by atoms with Gasteiger partial charge in [0.1, 0.15) is 6.33 Å². The van der Waals surface area contributed by atoms with Crippen molar-refractivity contribution in [1.29, 1.82) is 0 Å². The Balaban J connectivity index is 1.59. The summed E-state index contributed by atoms with van der Waals surface area (Å²) in [5, 5.41) is 5.76. The first kappa shape index (κ1) is 18.2. The van der Waals surface area contributed by atoms with E-state index in [1.165, 1.54) is 12.4 Å². The highest BCUT2D eigenvalue weighted by atomic mass is 35.5. The largest absolute Gasteiger partial charge is 0.281 e. The van der Waals surface area contributed by atoms with Crippen molar-refractivity contribution in [2.45, 2.75) is 6.92 Å². The van der Waals surface area contributed by atoms with Crippen LogP contribution in [-0.2, 0) is 0 Å². The van der Waals surface area contributed by atoms with E-state index < -0.39 is 5.91 Å². The van der Waals surface area contributed by atoms with Gasteiger partial charge in [0.2, 0.25) is 0 Å². The molecule has 0 unspecified atom stereocenters. The number of carbonyl (C=O) groups excluding carboxylic acids is 1. The quantitative estimate of drug-likeness (QED) is 0.490. The molecule has 2 aromatic heterocycles. The highest BCUT2D eigenvalue weighted by Gasteiger charge is 2.14. The zero-order chi connectivity index (χ0) is 19.7. The first-order valence-electron chi connectivity index (χ1n) is 8.30. The van der Waals surface area contributed by atoms with Gasteiger partial charge in [-0.3, -0.25) is 15.6 Å². The first-order valence-corrected chi connectivity index (χ1v) is 9.06. The zero-order valence-electron chi connectivity index (χ0n) is 14.6. The van der Waals surface area contributed by atoms with Gasteiger partial charge in [-0.15, -0.1) is 0 Å². The first-order chi connectivity index (χ1) is 13.5. The van der Waals surface area contributed by atoms with Crippen LogP contribution in [0.2, 0.25) is 10.0 Å². The average Bonchev–Trinajstić information content (AvgIpc) is 3.11. The maximum atomic E-state index is 12.4. The molecule has 0 aliphatic rings. The Hall–Kier alpha value is -3.16. The van der Waals surface area contributed by atoms with Crippen molar-refractivity contribution in [3.05, 3.63) is 76.2 Å². The smallest absolute Gasteiger partial charge is 0.271 e. The van der Waals surface area contributed by atoms with Gasteiger partial charge >= 0.3 is 0 Å². The number of halogens is 2. The van der Waals surface area contributed by atoms with Gasteiger partial charge in [-0.05, 0) is 37.3 Å². The van der Waals surface area contributed by atoms with Crippen LogP contribution in [0.5, 0.6) is 0 Å². The number of rotatable bonds is 4. The minimum absolute atomic E-state index is 0.256. The van der Waals surface area contributed by atoms with Gasteiger partial charge in [-0.2, -0.15) is 5.10 Å².